The number of fused-ring (bicyclic) bond motifs is 1. The number of methoxy groups -OCH3 is 1. The van der Waals surface area contributed by atoms with Crippen LogP contribution in [0.25, 0.3) is 21.3 Å². The van der Waals surface area contributed by atoms with Gasteiger partial charge in [-0.25, -0.2) is 9.97 Å². The van der Waals surface area contributed by atoms with Gasteiger partial charge in [0.25, 0.3) is 5.69 Å². The van der Waals surface area contributed by atoms with Crippen LogP contribution in [0.5, 0.6) is 5.75 Å². The van der Waals surface area contributed by atoms with Crippen LogP contribution in [0.15, 0.2) is 54.9 Å². The van der Waals surface area contributed by atoms with Gasteiger partial charge in [0.05, 0.1) is 23.1 Å². The highest BCUT2D eigenvalue weighted by Crippen LogP contribution is 2.42. The lowest BCUT2D eigenvalue weighted by molar-refractivity contribution is -0.384. The highest BCUT2D eigenvalue weighted by molar-refractivity contribution is 7.19. The Hall–Kier alpha value is -3.52. The minimum Gasteiger partial charge on any atom is -0.495 e. The molecule has 4 aromatic rings. The van der Waals surface area contributed by atoms with Crippen molar-refractivity contribution in [3.8, 4) is 16.9 Å². The molecule has 0 amide bonds. The third-order valence-corrected chi connectivity index (χ3v) is 5.39. The predicted octanol–water partition coefficient (Wildman–Crippen LogP) is 5.33. The maximum atomic E-state index is 11.2. The molecule has 0 aliphatic rings. The summed E-state index contributed by atoms with van der Waals surface area (Å²) in [5, 5.41) is 15.3. The number of nitrogens with zero attached hydrogens (tertiary/aromatic N) is 3. The zero-order chi connectivity index (χ0) is 19.7. The summed E-state index contributed by atoms with van der Waals surface area (Å²) in [7, 11) is 1.52. The Bertz CT molecular complexity index is 1180. The number of hydrogen-bond donors (Lipinski definition) is 1. The number of nitrogens with one attached hydrogen (secondary N) is 1. The fourth-order valence-electron chi connectivity index (χ4n) is 3.13. The fourth-order valence-corrected chi connectivity index (χ4v) is 4.14. The molecule has 8 heteroatoms. The highest BCUT2D eigenvalue weighted by Gasteiger charge is 2.19. The first-order valence-electron chi connectivity index (χ1n) is 8.47. The molecule has 0 spiro atoms. The molecule has 0 saturated heterocycles. The van der Waals surface area contributed by atoms with Crippen LogP contribution in [-0.4, -0.2) is 22.0 Å². The van der Waals surface area contributed by atoms with Crippen molar-refractivity contribution >= 4 is 38.7 Å². The summed E-state index contributed by atoms with van der Waals surface area (Å²) < 4.78 is 5.36. The molecule has 0 atom stereocenters. The van der Waals surface area contributed by atoms with Gasteiger partial charge in [-0.1, -0.05) is 30.3 Å². The van der Waals surface area contributed by atoms with Crippen molar-refractivity contribution in [2.45, 2.75) is 6.92 Å². The van der Waals surface area contributed by atoms with Gasteiger partial charge in [0, 0.05) is 22.6 Å². The van der Waals surface area contributed by atoms with Gasteiger partial charge in [-0.2, -0.15) is 0 Å². The van der Waals surface area contributed by atoms with Crippen molar-refractivity contribution in [1.82, 2.24) is 9.97 Å². The first kappa shape index (κ1) is 17.9. The van der Waals surface area contributed by atoms with Crippen LogP contribution in [0, 0.1) is 17.0 Å². The number of ether oxygens (including phenoxy) is 1. The van der Waals surface area contributed by atoms with Crippen molar-refractivity contribution in [3.05, 3.63) is 69.8 Å². The third kappa shape index (κ3) is 3.14. The summed E-state index contributed by atoms with van der Waals surface area (Å²) in [6.45, 7) is 2.05. The van der Waals surface area contributed by atoms with E-state index in [1.54, 1.807) is 17.4 Å². The van der Waals surface area contributed by atoms with Gasteiger partial charge in [0.1, 0.15) is 22.7 Å². The van der Waals surface area contributed by atoms with E-state index in [1.165, 1.54) is 25.6 Å². The normalized spacial score (nSPS) is 10.8. The predicted molar refractivity (Wildman–Crippen MR) is 111 cm³/mol. The Morgan fingerprint density at radius 3 is 2.64 bits per heavy atom. The molecule has 0 aliphatic carbocycles. The van der Waals surface area contributed by atoms with Gasteiger partial charge >= 0.3 is 0 Å². The van der Waals surface area contributed by atoms with E-state index in [1.807, 2.05) is 37.3 Å². The third-order valence-electron chi connectivity index (χ3n) is 4.37. The van der Waals surface area contributed by atoms with E-state index in [4.69, 9.17) is 4.74 Å². The Morgan fingerprint density at radius 1 is 1.14 bits per heavy atom. The highest BCUT2D eigenvalue weighted by atomic mass is 32.1. The van der Waals surface area contributed by atoms with Crippen molar-refractivity contribution in [2.24, 2.45) is 0 Å². The molecule has 140 valence electrons. The molecular formula is C20H16N4O3S. The smallest absolute Gasteiger partial charge is 0.271 e. The first-order chi connectivity index (χ1) is 13.6. The molecule has 0 radical (unpaired) electrons. The second-order valence-electron chi connectivity index (χ2n) is 6.07. The minimum atomic E-state index is -0.440. The number of nitro benzene ring substituents is 1. The fraction of sp³-hybridized carbons (Fsp3) is 0.100. The summed E-state index contributed by atoms with van der Waals surface area (Å²) >= 11 is 1.59. The molecule has 2 aromatic heterocycles. The second kappa shape index (κ2) is 7.24. The quantitative estimate of drug-likeness (QED) is 0.365. The summed E-state index contributed by atoms with van der Waals surface area (Å²) in [6.07, 6.45) is 1.49. The topological polar surface area (TPSA) is 90.2 Å². The molecule has 2 aromatic carbocycles. The Balaban J connectivity index is 1.89. The number of aryl methyl sites for hydroxylation is 1. The standard InChI is InChI=1S/C20H16N4O3S/c1-12-17(13-6-4-3-5-7-13)18-19(21-11-22-20(18)28-12)23-15-10-14(24(25)26)8-9-16(15)27-2/h3-11H,1-2H3,(H,21,22,23). The molecule has 0 unspecified atom stereocenters. The van der Waals surface area contributed by atoms with Crippen LogP contribution >= 0.6 is 11.3 Å². The summed E-state index contributed by atoms with van der Waals surface area (Å²) in [5.74, 6) is 1.07. The van der Waals surface area contributed by atoms with E-state index in [0.717, 1.165) is 26.2 Å². The van der Waals surface area contributed by atoms with Gasteiger partial charge in [0.15, 0.2) is 0 Å². The van der Waals surface area contributed by atoms with Gasteiger partial charge in [-0.05, 0) is 18.6 Å². The first-order valence-corrected chi connectivity index (χ1v) is 9.29. The van der Waals surface area contributed by atoms with Gasteiger partial charge < -0.3 is 10.1 Å². The summed E-state index contributed by atoms with van der Waals surface area (Å²) in [4.78, 5) is 21.5. The number of non-ortho nitro benzene ring substituents is 1. The van der Waals surface area contributed by atoms with E-state index >= 15 is 0 Å². The monoisotopic (exact) mass is 392 g/mol. The van der Waals surface area contributed by atoms with Crippen LogP contribution in [0.2, 0.25) is 0 Å². The minimum absolute atomic E-state index is 0.0293. The lowest BCUT2D eigenvalue weighted by Crippen LogP contribution is -1.99. The SMILES string of the molecule is COc1ccc([N+](=O)[O-])cc1Nc1ncnc2sc(C)c(-c3ccccc3)c12. The van der Waals surface area contributed by atoms with Crippen molar-refractivity contribution in [2.75, 3.05) is 12.4 Å². The Morgan fingerprint density at radius 2 is 1.93 bits per heavy atom. The molecule has 0 saturated carbocycles. The van der Waals surface area contributed by atoms with Crippen molar-refractivity contribution in [1.29, 1.82) is 0 Å². The number of hydrogen-bond acceptors (Lipinski definition) is 7. The van der Waals surface area contributed by atoms with E-state index < -0.39 is 4.92 Å². The van der Waals surface area contributed by atoms with Gasteiger partial charge in [0.2, 0.25) is 0 Å². The molecule has 0 fully saturated rings. The maximum Gasteiger partial charge on any atom is 0.271 e. The van der Waals surface area contributed by atoms with Crippen LogP contribution in [0.3, 0.4) is 0 Å². The van der Waals surface area contributed by atoms with Gasteiger partial charge in [-0.15, -0.1) is 11.3 Å². The van der Waals surface area contributed by atoms with E-state index in [2.05, 4.69) is 15.3 Å². The number of anilines is 2. The zero-order valence-electron chi connectivity index (χ0n) is 15.2. The summed E-state index contributed by atoms with van der Waals surface area (Å²) in [6, 6.07) is 14.4. The van der Waals surface area contributed by atoms with Crippen LogP contribution in [0.4, 0.5) is 17.2 Å². The maximum absolute atomic E-state index is 11.2. The van der Waals surface area contributed by atoms with Crippen LogP contribution in [-0.2, 0) is 0 Å². The number of thiophene rings is 1. The van der Waals surface area contributed by atoms with Crippen molar-refractivity contribution in [3.63, 3.8) is 0 Å². The number of nitro groups is 1. The lowest BCUT2D eigenvalue weighted by atomic mass is 10.0. The molecule has 1 N–H and O–H groups in total. The van der Waals surface area contributed by atoms with Crippen LogP contribution < -0.4 is 10.1 Å². The van der Waals surface area contributed by atoms with Crippen molar-refractivity contribution < 1.29 is 9.66 Å². The molecule has 2 heterocycles. The molecule has 28 heavy (non-hydrogen) atoms. The van der Waals surface area contributed by atoms with E-state index in [0.29, 0.717) is 17.3 Å². The Kier molecular flexibility index (Phi) is 4.62. The molecule has 7 nitrogen and oxygen atoms in total. The number of rotatable bonds is 5. The Labute approximate surface area is 164 Å². The lowest BCUT2D eigenvalue weighted by Gasteiger charge is -2.12. The zero-order valence-corrected chi connectivity index (χ0v) is 16.0. The number of aromatic nitrogens is 2. The summed E-state index contributed by atoms with van der Waals surface area (Å²) in [5.41, 5.74) is 2.56. The van der Waals surface area contributed by atoms with Gasteiger partial charge in [-0.3, -0.25) is 10.1 Å². The average Bonchev–Trinajstić information content (AvgIpc) is 3.05. The molecule has 0 aliphatic heterocycles. The molecule has 4 rings (SSSR count). The van der Waals surface area contributed by atoms with Crippen LogP contribution in [0.1, 0.15) is 4.88 Å². The molecular weight excluding hydrogens is 376 g/mol. The number of benzene rings is 2. The van der Waals surface area contributed by atoms with E-state index in [-0.39, 0.29) is 5.69 Å². The largest absolute Gasteiger partial charge is 0.495 e. The molecule has 0 bridgehead atoms. The van der Waals surface area contributed by atoms with E-state index in [9.17, 15) is 10.1 Å². The average molecular weight is 392 g/mol. The second-order valence-corrected chi connectivity index (χ2v) is 7.27.